The Morgan fingerprint density at radius 3 is 3.00 bits per heavy atom. The number of pyridine rings is 1. The molecule has 0 aliphatic carbocycles. The van der Waals surface area contributed by atoms with Gasteiger partial charge in [0.1, 0.15) is 5.69 Å². The normalized spacial score (nSPS) is 12.5. The molecule has 0 aromatic carbocycles. The van der Waals surface area contributed by atoms with Gasteiger partial charge < -0.3 is 9.63 Å². The third-order valence-corrected chi connectivity index (χ3v) is 3.20. The van der Waals surface area contributed by atoms with Gasteiger partial charge in [-0.3, -0.25) is 4.98 Å². The molecule has 3 aromatic rings. The molecule has 1 atom stereocenters. The van der Waals surface area contributed by atoms with Crippen LogP contribution in [0.2, 0.25) is 0 Å². The topological polar surface area (TPSA) is 103 Å². The smallest absolute Gasteiger partial charge is 0.280 e. The van der Waals surface area contributed by atoms with Gasteiger partial charge in [0.2, 0.25) is 5.82 Å². The van der Waals surface area contributed by atoms with E-state index in [9.17, 15) is 5.11 Å². The Morgan fingerprint density at radius 2 is 2.23 bits per heavy atom. The molecule has 3 heterocycles. The van der Waals surface area contributed by atoms with E-state index in [1.165, 1.54) is 0 Å². The van der Waals surface area contributed by atoms with Crippen LogP contribution in [0.5, 0.6) is 0 Å². The monoisotopic (exact) mass is 300 g/mol. The van der Waals surface area contributed by atoms with Crippen molar-refractivity contribution in [1.82, 2.24) is 30.1 Å². The molecule has 8 heteroatoms. The zero-order chi connectivity index (χ0) is 15.5. The third-order valence-electron chi connectivity index (χ3n) is 3.20. The van der Waals surface area contributed by atoms with E-state index in [0.29, 0.717) is 30.2 Å². The molecule has 0 spiro atoms. The summed E-state index contributed by atoms with van der Waals surface area (Å²) >= 11 is 0. The lowest BCUT2D eigenvalue weighted by Crippen LogP contribution is -2.15. The molecule has 0 aliphatic rings. The fourth-order valence-corrected chi connectivity index (χ4v) is 1.92. The molecular weight excluding hydrogens is 284 g/mol. The van der Waals surface area contributed by atoms with Gasteiger partial charge in [-0.2, -0.15) is 4.98 Å². The van der Waals surface area contributed by atoms with Gasteiger partial charge in [0, 0.05) is 6.20 Å². The zero-order valence-electron chi connectivity index (χ0n) is 12.3. The highest BCUT2D eigenvalue weighted by Gasteiger charge is 2.15. The molecule has 114 valence electrons. The van der Waals surface area contributed by atoms with Crippen LogP contribution in [0.4, 0.5) is 0 Å². The zero-order valence-corrected chi connectivity index (χ0v) is 12.3. The van der Waals surface area contributed by atoms with E-state index < -0.39 is 6.10 Å². The molecule has 3 rings (SSSR count). The summed E-state index contributed by atoms with van der Waals surface area (Å²) in [6.07, 6.45) is 3.56. The maximum Gasteiger partial charge on any atom is 0.280 e. The predicted molar refractivity (Wildman–Crippen MR) is 77.6 cm³/mol. The summed E-state index contributed by atoms with van der Waals surface area (Å²) in [6, 6.07) is 3.78. The van der Waals surface area contributed by atoms with Crippen LogP contribution in [0.25, 0.3) is 23.1 Å². The number of rotatable bonds is 5. The van der Waals surface area contributed by atoms with E-state index in [-0.39, 0.29) is 5.89 Å². The van der Waals surface area contributed by atoms with Crippen LogP contribution in [0.1, 0.15) is 18.9 Å². The van der Waals surface area contributed by atoms with Gasteiger partial charge in [-0.25, -0.2) is 4.68 Å². The van der Waals surface area contributed by atoms with Crippen molar-refractivity contribution in [1.29, 1.82) is 0 Å². The van der Waals surface area contributed by atoms with E-state index in [4.69, 9.17) is 4.52 Å². The number of nitrogens with zero attached hydrogens (tertiary/aromatic N) is 6. The van der Waals surface area contributed by atoms with Crippen LogP contribution in [-0.4, -0.2) is 41.3 Å². The Labute approximate surface area is 126 Å². The first-order valence-electron chi connectivity index (χ1n) is 7.01. The van der Waals surface area contributed by atoms with E-state index in [1.807, 2.05) is 26.0 Å². The van der Waals surface area contributed by atoms with Gasteiger partial charge >= 0.3 is 0 Å². The van der Waals surface area contributed by atoms with Crippen LogP contribution in [0, 0.1) is 6.92 Å². The van der Waals surface area contributed by atoms with Crippen LogP contribution >= 0.6 is 0 Å². The Balaban J connectivity index is 1.82. The highest BCUT2D eigenvalue weighted by molar-refractivity contribution is 5.53. The van der Waals surface area contributed by atoms with Crippen molar-refractivity contribution in [3.63, 3.8) is 0 Å². The molecule has 1 N–H and O–H groups in total. The molecule has 8 nitrogen and oxygen atoms in total. The lowest BCUT2D eigenvalue weighted by atomic mass is 10.2. The van der Waals surface area contributed by atoms with Crippen molar-refractivity contribution in [3.05, 3.63) is 30.1 Å². The maximum atomic E-state index is 9.62. The van der Waals surface area contributed by atoms with Gasteiger partial charge in [0.05, 0.1) is 18.8 Å². The molecule has 3 aromatic heterocycles. The number of hydrogen-bond acceptors (Lipinski definition) is 7. The number of aliphatic hydroxyl groups is 1. The van der Waals surface area contributed by atoms with E-state index in [0.717, 1.165) is 5.56 Å². The Hall–Kier alpha value is -2.61. The van der Waals surface area contributed by atoms with Crippen LogP contribution in [0.15, 0.2) is 29.0 Å². The Kier molecular flexibility index (Phi) is 3.92. The summed E-state index contributed by atoms with van der Waals surface area (Å²) in [5.41, 5.74) is 2.18. The van der Waals surface area contributed by atoms with Crippen molar-refractivity contribution in [2.24, 2.45) is 0 Å². The molecule has 0 saturated carbocycles. The van der Waals surface area contributed by atoms with Crippen molar-refractivity contribution in [2.75, 3.05) is 0 Å². The van der Waals surface area contributed by atoms with Gasteiger partial charge in [0.15, 0.2) is 5.69 Å². The minimum absolute atomic E-state index is 0.274. The molecular formula is C14H16N6O2. The second-order valence-corrected chi connectivity index (χ2v) is 5.03. The molecule has 0 bridgehead atoms. The first-order chi connectivity index (χ1) is 10.7. The van der Waals surface area contributed by atoms with E-state index in [2.05, 4.69) is 25.4 Å². The average Bonchev–Trinajstić information content (AvgIpc) is 3.15. The first-order valence-corrected chi connectivity index (χ1v) is 7.01. The fraction of sp³-hybridized carbons (Fsp3) is 0.357. The van der Waals surface area contributed by atoms with Gasteiger partial charge in [-0.15, -0.1) is 5.10 Å². The number of aromatic nitrogens is 6. The highest BCUT2D eigenvalue weighted by atomic mass is 16.5. The molecule has 0 aliphatic heterocycles. The molecule has 22 heavy (non-hydrogen) atoms. The molecule has 1 unspecified atom stereocenters. The quantitative estimate of drug-likeness (QED) is 0.761. The van der Waals surface area contributed by atoms with Crippen molar-refractivity contribution >= 4 is 0 Å². The predicted octanol–water partition coefficient (Wildman–Crippen LogP) is 1.47. The lowest BCUT2D eigenvalue weighted by Gasteiger charge is -2.05. The molecule has 0 saturated heterocycles. The standard InChI is InChI=1S/C14H16N6O2/c1-3-10(21)7-20-8-12(17-19-20)14-16-13(18-22-14)11-6-9(2)4-5-15-11/h4-6,8,10,21H,3,7H2,1-2H3. The first kappa shape index (κ1) is 14.3. The lowest BCUT2D eigenvalue weighted by molar-refractivity contribution is 0.144. The summed E-state index contributed by atoms with van der Waals surface area (Å²) < 4.78 is 6.76. The number of aryl methyl sites for hydroxylation is 1. The summed E-state index contributed by atoms with van der Waals surface area (Å²) in [7, 11) is 0. The maximum absolute atomic E-state index is 9.62. The van der Waals surface area contributed by atoms with Crippen molar-refractivity contribution in [3.8, 4) is 23.1 Å². The Morgan fingerprint density at radius 1 is 1.36 bits per heavy atom. The second kappa shape index (κ2) is 6.02. The van der Waals surface area contributed by atoms with Gasteiger partial charge in [-0.1, -0.05) is 17.3 Å². The van der Waals surface area contributed by atoms with Crippen molar-refractivity contribution < 1.29 is 9.63 Å². The average molecular weight is 300 g/mol. The van der Waals surface area contributed by atoms with Crippen molar-refractivity contribution in [2.45, 2.75) is 32.9 Å². The summed E-state index contributed by atoms with van der Waals surface area (Å²) in [5, 5.41) is 21.5. The summed E-state index contributed by atoms with van der Waals surface area (Å²) in [6.45, 7) is 4.25. The third kappa shape index (κ3) is 3.01. The molecule has 0 radical (unpaired) electrons. The fourth-order valence-electron chi connectivity index (χ4n) is 1.92. The largest absolute Gasteiger partial charge is 0.391 e. The summed E-state index contributed by atoms with van der Waals surface area (Å²) in [4.78, 5) is 8.50. The van der Waals surface area contributed by atoms with E-state index >= 15 is 0 Å². The number of aliphatic hydroxyl groups excluding tert-OH is 1. The second-order valence-electron chi connectivity index (χ2n) is 5.03. The van der Waals surface area contributed by atoms with E-state index in [1.54, 1.807) is 17.1 Å². The molecule has 0 fully saturated rings. The van der Waals surface area contributed by atoms with Crippen LogP contribution in [-0.2, 0) is 6.54 Å². The highest BCUT2D eigenvalue weighted by Crippen LogP contribution is 2.19. The summed E-state index contributed by atoms with van der Waals surface area (Å²) in [5.74, 6) is 0.678. The minimum Gasteiger partial charge on any atom is -0.391 e. The number of hydrogen-bond donors (Lipinski definition) is 1. The Bertz CT molecular complexity index is 766. The molecule has 0 amide bonds. The van der Waals surface area contributed by atoms with Gasteiger partial charge in [-0.05, 0) is 31.0 Å². The van der Waals surface area contributed by atoms with Crippen LogP contribution < -0.4 is 0 Å². The SMILES string of the molecule is CCC(O)Cn1cc(-c2nc(-c3cc(C)ccn3)no2)nn1. The minimum atomic E-state index is -0.454. The van der Waals surface area contributed by atoms with Crippen LogP contribution in [0.3, 0.4) is 0 Å². The van der Waals surface area contributed by atoms with Gasteiger partial charge in [0.25, 0.3) is 5.89 Å².